The summed E-state index contributed by atoms with van der Waals surface area (Å²) in [7, 11) is 0. The van der Waals surface area contributed by atoms with Crippen molar-refractivity contribution in [3.05, 3.63) is 63.1 Å². The fourth-order valence-electron chi connectivity index (χ4n) is 3.17. The molecule has 0 fully saturated rings. The van der Waals surface area contributed by atoms with Crippen LogP contribution < -0.4 is 4.90 Å². The number of carbonyl (C=O) groups is 2. The second kappa shape index (κ2) is 6.17. The first-order chi connectivity index (χ1) is 11.3. The number of carbonyl (C=O) groups excluding carboxylic acids is 2. The van der Waals surface area contributed by atoms with Gasteiger partial charge in [-0.15, -0.1) is 0 Å². The van der Waals surface area contributed by atoms with E-state index in [0.717, 1.165) is 21.3 Å². The maximum atomic E-state index is 12.9. The van der Waals surface area contributed by atoms with Crippen LogP contribution >= 0.6 is 15.9 Å². The van der Waals surface area contributed by atoms with Crippen LogP contribution in [0.15, 0.2) is 40.9 Å². The molecule has 24 heavy (non-hydrogen) atoms. The van der Waals surface area contributed by atoms with Crippen LogP contribution in [-0.4, -0.2) is 11.8 Å². The first-order valence-corrected chi connectivity index (χ1v) is 8.93. The van der Waals surface area contributed by atoms with Gasteiger partial charge in [-0.2, -0.15) is 0 Å². The van der Waals surface area contributed by atoms with Crippen LogP contribution in [0.4, 0.5) is 5.69 Å². The lowest BCUT2D eigenvalue weighted by molar-refractivity contribution is 0.0925. The summed E-state index contributed by atoms with van der Waals surface area (Å²) in [6, 6.07) is 11.0. The van der Waals surface area contributed by atoms with Crippen molar-refractivity contribution in [1.82, 2.24) is 0 Å². The van der Waals surface area contributed by atoms with Crippen molar-refractivity contribution in [2.75, 3.05) is 4.90 Å². The SMILES string of the molecule is CC(C)c1cc(Br)cc(C(C)C)c1N1C(=O)c2ccccc2C1=O. The van der Waals surface area contributed by atoms with E-state index in [1.54, 1.807) is 24.3 Å². The molecule has 0 atom stereocenters. The number of amides is 2. The van der Waals surface area contributed by atoms with Crippen LogP contribution in [0.25, 0.3) is 0 Å². The highest BCUT2D eigenvalue weighted by molar-refractivity contribution is 9.10. The summed E-state index contributed by atoms with van der Waals surface area (Å²) in [5, 5.41) is 0. The number of nitrogens with zero attached hydrogens (tertiary/aromatic N) is 1. The van der Waals surface area contributed by atoms with E-state index < -0.39 is 0 Å². The molecule has 0 bridgehead atoms. The topological polar surface area (TPSA) is 37.4 Å². The van der Waals surface area contributed by atoms with Crippen molar-refractivity contribution in [1.29, 1.82) is 0 Å². The first kappa shape index (κ1) is 16.9. The van der Waals surface area contributed by atoms with Crippen LogP contribution in [0.2, 0.25) is 0 Å². The molecule has 1 aliphatic rings. The third-order valence-corrected chi connectivity index (χ3v) is 4.85. The monoisotopic (exact) mass is 385 g/mol. The van der Waals surface area contributed by atoms with Crippen molar-refractivity contribution < 1.29 is 9.59 Å². The summed E-state index contributed by atoms with van der Waals surface area (Å²) in [5.41, 5.74) is 3.71. The quantitative estimate of drug-likeness (QED) is 0.654. The molecule has 0 N–H and O–H groups in total. The standard InChI is InChI=1S/C20H20BrNO2/c1-11(2)16-9-13(21)10-17(12(3)4)18(16)22-19(23)14-7-5-6-8-15(14)20(22)24/h5-12H,1-4H3. The van der Waals surface area contributed by atoms with Gasteiger partial charge in [-0.1, -0.05) is 55.8 Å². The summed E-state index contributed by atoms with van der Waals surface area (Å²) < 4.78 is 0.968. The molecule has 3 nitrogen and oxygen atoms in total. The predicted octanol–water partition coefficient (Wildman–Crippen LogP) is 5.50. The molecular weight excluding hydrogens is 366 g/mol. The van der Waals surface area contributed by atoms with Gasteiger partial charge in [0.15, 0.2) is 0 Å². The molecule has 2 aromatic carbocycles. The van der Waals surface area contributed by atoms with E-state index >= 15 is 0 Å². The van der Waals surface area contributed by atoms with Crippen molar-refractivity contribution in [3.8, 4) is 0 Å². The molecule has 0 aliphatic carbocycles. The Balaban J connectivity index is 2.27. The van der Waals surface area contributed by atoms with E-state index in [0.29, 0.717) is 11.1 Å². The predicted molar refractivity (Wildman–Crippen MR) is 99.9 cm³/mol. The number of hydrogen-bond donors (Lipinski definition) is 0. The number of anilines is 1. The van der Waals surface area contributed by atoms with E-state index in [1.165, 1.54) is 4.90 Å². The fraction of sp³-hybridized carbons (Fsp3) is 0.300. The normalized spacial score (nSPS) is 14.0. The van der Waals surface area contributed by atoms with Crippen LogP contribution in [0, 0.1) is 0 Å². The average Bonchev–Trinajstić information content (AvgIpc) is 2.78. The number of imide groups is 1. The first-order valence-electron chi connectivity index (χ1n) is 8.14. The zero-order valence-corrected chi connectivity index (χ0v) is 15.8. The Bertz CT molecular complexity index is 775. The van der Waals surface area contributed by atoms with E-state index in [4.69, 9.17) is 0 Å². The van der Waals surface area contributed by atoms with Gasteiger partial charge in [0.25, 0.3) is 11.8 Å². The van der Waals surface area contributed by atoms with Gasteiger partial charge < -0.3 is 0 Å². The molecule has 3 rings (SSSR count). The Morgan fingerprint density at radius 3 is 1.62 bits per heavy atom. The molecule has 0 unspecified atom stereocenters. The molecule has 0 spiro atoms. The Hall–Kier alpha value is -1.94. The van der Waals surface area contributed by atoms with Gasteiger partial charge in [0.05, 0.1) is 16.8 Å². The summed E-state index contributed by atoms with van der Waals surface area (Å²) in [6.45, 7) is 8.31. The summed E-state index contributed by atoms with van der Waals surface area (Å²) in [4.78, 5) is 27.2. The maximum Gasteiger partial charge on any atom is 0.266 e. The van der Waals surface area contributed by atoms with Gasteiger partial charge >= 0.3 is 0 Å². The molecule has 0 saturated heterocycles. The van der Waals surface area contributed by atoms with E-state index in [1.807, 2.05) is 12.1 Å². The summed E-state index contributed by atoms with van der Waals surface area (Å²) in [5.74, 6) is -0.0814. The molecule has 2 aromatic rings. The van der Waals surface area contributed by atoms with Crippen LogP contribution in [0.1, 0.15) is 71.4 Å². The Labute approximate surface area is 150 Å². The lowest BCUT2D eigenvalue weighted by Crippen LogP contribution is -2.31. The van der Waals surface area contributed by atoms with Crippen molar-refractivity contribution >= 4 is 33.4 Å². The van der Waals surface area contributed by atoms with Gasteiger partial charge in [-0.05, 0) is 47.2 Å². The molecule has 0 radical (unpaired) electrons. The summed E-state index contributed by atoms with van der Waals surface area (Å²) in [6.07, 6.45) is 0. The highest BCUT2D eigenvalue weighted by Crippen LogP contribution is 2.41. The number of fused-ring (bicyclic) bond motifs is 1. The zero-order valence-electron chi connectivity index (χ0n) is 14.3. The minimum Gasteiger partial charge on any atom is -0.268 e. The molecule has 124 valence electrons. The van der Waals surface area contributed by atoms with Gasteiger partial charge in [-0.25, -0.2) is 4.90 Å². The third-order valence-electron chi connectivity index (χ3n) is 4.40. The Kier molecular flexibility index (Phi) is 4.35. The number of halogens is 1. The van der Waals surface area contributed by atoms with Crippen LogP contribution in [0.5, 0.6) is 0 Å². The second-order valence-corrected chi connectivity index (χ2v) is 7.65. The number of hydrogen-bond acceptors (Lipinski definition) is 2. The maximum absolute atomic E-state index is 12.9. The van der Waals surface area contributed by atoms with Crippen LogP contribution in [-0.2, 0) is 0 Å². The van der Waals surface area contributed by atoms with E-state index in [-0.39, 0.29) is 23.7 Å². The molecule has 1 heterocycles. The van der Waals surface area contributed by atoms with Crippen LogP contribution in [0.3, 0.4) is 0 Å². The lowest BCUT2D eigenvalue weighted by atomic mass is 9.92. The second-order valence-electron chi connectivity index (χ2n) is 6.73. The highest BCUT2D eigenvalue weighted by Gasteiger charge is 2.39. The molecule has 1 aliphatic heterocycles. The number of benzene rings is 2. The van der Waals surface area contributed by atoms with Gasteiger partial charge in [0.2, 0.25) is 0 Å². The Morgan fingerprint density at radius 1 is 0.833 bits per heavy atom. The minimum absolute atomic E-state index is 0.194. The van der Waals surface area contributed by atoms with E-state index in [9.17, 15) is 9.59 Å². The fourth-order valence-corrected chi connectivity index (χ4v) is 3.67. The van der Waals surface area contributed by atoms with E-state index in [2.05, 4.69) is 43.6 Å². The summed E-state index contributed by atoms with van der Waals surface area (Å²) >= 11 is 3.56. The van der Waals surface area contributed by atoms with Gasteiger partial charge in [0.1, 0.15) is 0 Å². The Morgan fingerprint density at radius 2 is 1.25 bits per heavy atom. The molecule has 2 amide bonds. The zero-order chi connectivity index (χ0) is 17.6. The van der Waals surface area contributed by atoms with Crippen molar-refractivity contribution in [2.24, 2.45) is 0 Å². The highest BCUT2D eigenvalue weighted by atomic mass is 79.9. The minimum atomic E-state index is -0.235. The third kappa shape index (κ3) is 2.59. The molecular formula is C20H20BrNO2. The molecule has 0 saturated carbocycles. The molecule has 0 aromatic heterocycles. The molecule has 4 heteroatoms. The lowest BCUT2D eigenvalue weighted by Gasteiger charge is -2.26. The van der Waals surface area contributed by atoms with Gasteiger partial charge in [0, 0.05) is 4.47 Å². The van der Waals surface area contributed by atoms with Crippen molar-refractivity contribution in [3.63, 3.8) is 0 Å². The average molecular weight is 386 g/mol. The van der Waals surface area contributed by atoms with Crippen molar-refractivity contribution in [2.45, 2.75) is 39.5 Å². The van der Waals surface area contributed by atoms with Gasteiger partial charge in [-0.3, -0.25) is 9.59 Å². The largest absolute Gasteiger partial charge is 0.268 e. The number of rotatable bonds is 3. The smallest absolute Gasteiger partial charge is 0.266 e.